The summed E-state index contributed by atoms with van der Waals surface area (Å²) >= 11 is 0. The van der Waals surface area contributed by atoms with E-state index in [9.17, 15) is 9.59 Å². The first-order chi connectivity index (χ1) is 13.1. The van der Waals surface area contributed by atoms with Crippen LogP contribution in [0.2, 0.25) is 0 Å². The molecule has 0 saturated heterocycles. The Morgan fingerprint density at radius 2 is 1.41 bits per heavy atom. The van der Waals surface area contributed by atoms with Gasteiger partial charge in [-0.2, -0.15) is 0 Å². The van der Waals surface area contributed by atoms with Crippen LogP contribution in [0, 0.1) is 0 Å². The van der Waals surface area contributed by atoms with Gasteiger partial charge in [0.25, 0.3) is 11.8 Å². The van der Waals surface area contributed by atoms with Crippen molar-refractivity contribution in [1.82, 2.24) is 5.48 Å². The Bertz CT molecular complexity index is 1050. The van der Waals surface area contributed by atoms with Gasteiger partial charge in [-0.15, -0.1) is 0 Å². The molecule has 3 aromatic rings. The van der Waals surface area contributed by atoms with E-state index < -0.39 is 5.91 Å². The van der Waals surface area contributed by atoms with Crippen molar-refractivity contribution in [3.63, 3.8) is 0 Å². The van der Waals surface area contributed by atoms with E-state index in [0.29, 0.717) is 41.5 Å². The second-order valence-corrected chi connectivity index (χ2v) is 6.03. The Kier molecular flexibility index (Phi) is 4.35. The molecule has 1 aliphatic heterocycles. The number of hydroxylamine groups is 1. The molecule has 0 saturated carbocycles. The number of carbonyl (C=O) groups is 2. The molecule has 0 aliphatic carbocycles. The van der Waals surface area contributed by atoms with Gasteiger partial charge in [0.1, 0.15) is 13.2 Å². The molecule has 1 heterocycles. The zero-order valence-corrected chi connectivity index (χ0v) is 14.2. The quantitative estimate of drug-likeness (QED) is 0.490. The SMILES string of the molecule is O=C(NO)c1ccc2cc(C(=O)Nc3ccc4c(c3)OCCO4)ccc2c1. The van der Waals surface area contributed by atoms with Crippen LogP contribution in [0.5, 0.6) is 11.5 Å². The average Bonchev–Trinajstić information content (AvgIpc) is 2.72. The monoisotopic (exact) mass is 364 g/mol. The van der Waals surface area contributed by atoms with Crippen LogP contribution in [-0.2, 0) is 0 Å². The van der Waals surface area contributed by atoms with Crippen LogP contribution in [0.4, 0.5) is 5.69 Å². The number of fused-ring (bicyclic) bond motifs is 2. The van der Waals surface area contributed by atoms with Gasteiger partial charge < -0.3 is 14.8 Å². The second-order valence-electron chi connectivity index (χ2n) is 6.03. The maximum absolute atomic E-state index is 12.6. The molecule has 3 aromatic carbocycles. The van der Waals surface area contributed by atoms with Crippen LogP contribution in [0.1, 0.15) is 20.7 Å². The fraction of sp³-hybridized carbons (Fsp3) is 0.100. The Morgan fingerprint density at radius 3 is 2.07 bits per heavy atom. The van der Waals surface area contributed by atoms with Crippen molar-refractivity contribution in [2.75, 3.05) is 18.5 Å². The van der Waals surface area contributed by atoms with Crippen molar-refractivity contribution in [2.24, 2.45) is 0 Å². The number of ether oxygens (including phenoxy) is 2. The van der Waals surface area contributed by atoms with Gasteiger partial charge in [0.15, 0.2) is 11.5 Å². The van der Waals surface area contributed by atoms with Crippen LogP contribution in [0.25, 0.3) is 10.8 Å². The van der Waals surface area contributed by atoms with Crippen LogP contribution >= 0.6 is 0 Å². The van der Waals surface area contributed by atoms with Crippen LogP contribution < -0.4 is 20.3 Å². The number of amides is 2. The predicted molar refractivity (Wildman–Crippen MR) is 98.6 cm³/mol. The van der Waals surface area contributed by atoms with Gasteiger partial charge in [0, 0.05) is 22.9 Å². The molecular formula is C20H16N2O5. The van der Waals surface area contributed by atoms with Gasteiger partial charge >= 0.3 is 0 Å². The number of hydrogen-bond acceptors (Lipinski definition) is 5. The van der Waals surface area contributed by atoms with Gasteiger partial charge in [-0.3, -0.25) is 14.8 Å². The Labute approximate surface area is 154 Å². The summed E-state index contributed by atoms with van der Waals surface area (Å²) in [4.78, 5) is 24.1. The molecule has 7 heteroatoms. The van der Waals surface area contributed by atoms with E-state index in [-0.39, 0.29) is 5.91 Å². The summed E-state index contributed by atoms with van der Waals surface area (Å²) in [6.45, 7) is 0.989. The molecule has 4 rings (SSSR count). The van der Waals surface area contributed by atoms with Gasteiger partial charge in [0.2, 0.25) is 0 Å². The van der Waals surface area contributed by atoms with Crippen LogP contribution in [0.3, 0.4) is 0 Å². The molecular weight excluding hydrogens is 348 g/mol. The lowest BCUT2D eigenvalue weighted by Gasteiger charge is -2.19. The minimum absolute atomic E-state index is 0.259. The third-order valence-electron chi connectivity index (χ3n) is 4.27. The third-order valence-corrected chi connectivity index (χ3v) is 4.27. The molecule has 0 unspecified atom stereocenters. The summed E-state index contributed by atoms with van der Waals surface area (Å²) in [5.74, 6) is 0.419. The molecule has 0 atom stereocenters. The van der Waals surface area contributed by atoms with E-state index in [1.807, 2.05) is 0 Å². The smallest absolute Gasteiger partial charge is 0.274 e. The summed E-state index contributed by atoms with van der Waals surface area (Å²) < 4.78 is 11.0. The van der Waals surface area contributed by atoms with E-state index in [4.69, 9.17) is 14.7 Å². The predicted octanol–water partition coefficient (Wildman–Crippen LogP) is 2.98. The van der Waals surface area contributed by atoms with E-state index >= 15 is 0 Å². The summed E-state index contributed by atoms with van der Waals surface area (Å²) in [6.07, 6.45) is 0. The molecule has 0 bridgehead atoms. The van der Waals surface area contributed by atoms with Crippen LogP contribution in [-0.4, -0.2) is 30.2 Å². The van der Waals surface area contributed by atoms with Crippen molar-refractivity contribution in [3.8, 4) is 11.5 Å². The standard InChI is InChI=1S/C20H16N2O5/c23-19(21-16-5-6-17-18(11-16)27-8-7-26-17)14-3-1-13-10-15(20(24)22-25)4-2-12(13)9-14/h1-6,9-11,25H,7-8H2,(H,21,23)(H,22,24). The second kappa shape index (κ2) is 6.97. The Balaban J connectivity index is 1.56. The molecule has 7 nitrogen and oxygen atoms in total. The first kappa shape index (κ1) is 16.9. The summed E-state index contributed by atoms with van der Waals surface area (Å²) in [6, 6.07) is 15.4. The minimum atomic E-state index is -0.586. The van der Waals surface area contributed by atoms with Crippen molar-refractivity contribution >= 4 is 28.3 Å². The fourth-order valence-corrected chi connectivity index (χ4v) is 2.92. The highest BCUT2D eigenvalue weighted by Gasteiger charge is 2.14. The number of carbonyl (C=O) groups excluding carboxylic acids is 2. The van der Waals surface area contributed by atoms with Gasteiger partial charge in [-0.25, -0.2) is 5.48 Å². The van der Waals surface area contributed by atoms with E-state index in [0.717, 1.165) is 10.8 Å². The summed E-state index contributed by atoms with van der Waals surface area (Å²) in [7, 11) is 0. The molecule has 27 heavy (non-hydrogen) atoms. The Hall–Kier alpha value is -3.58. The normalized spacial score (nSPS) is 12.5. The third kappa shape index (κ3) is 3.40. The first-order valence-corrected chi connectivity index (χ1v) is 8.33. The number of anilines is 1. The van der Waals surface area contributed by atoms with Gasteiger partial charge in [-0.1, -0.05) is 12.1 Å². The largest absolute Gasteiger partial charge is 0.486 e. The molecule has 0 spiro atoms. The highest BCUT2D eigenvalue weighted by Crippen LogP contribution is 2.32. The average molecular weight is 364 g/mol. The van der Waals surface area contributed by atoms with Crippen molar-refractivity contribution in [3.05, 3.63) is 65.7 Å². The molecule has 0 fully saturated rings. The molecule has 1 aliphatic rings. The minimum Gasteiger partial charge on any atom is -0.486 e. The van der Waals surface area contributed by atoms with E-state index in [1.54, 1.807) is 60.1 Å². The lowest BCUT2D eigenvalue weighted by atomic mass is 10.0. The number of hydrogen-bond donors (Lipinski definition) is 3. The highest BCUT2D eigenvalue weighted by molar-refractivity contribution is 6.07. The molecule has 3 N–H and O–H groups in total. The number of rotatable bonds is 3. The Morgan fingerprint density at radius 1 is 0.778 bits per heavy atom. The highest BCUT2D eigenvalue weighted by atomic mass is 16.6. The van der Waals surface area contributed by atoms with Crippen molar-refractivity contribution in [2.45, 2.75) is 0 Å². The van der Waals surface area contributed by atoms with Gasteiger partial charge in [0.05, 0.1) is 0 Å². The lowest BCUT2D eigenvalue weighted by molar-refractivity contribution is 0.0706. The zero-order valence-electron chi connectivity index (χ0n) is 14.2. The molecule has 136 valence electrons. The first-order valence-electron chi connectivity index (χ1n) is 8.33. The molecule has 0 aromatic heterocycles. The summed E-state index contributed by atoms with van der Waals surface area (Å²) in [5.41, 5.74) is 3.03. The lowest BCUT2D eigenvalue weighted by Crippen LogP contribution is -2.18. The van der Waals surface area contributed by atoms with Crippen molar-refractivity contribution < 1.29 is 24.3 Å². The molecule has 0 radical (unpaired) electrons. The molecule has 2 amide bonds. The zero-order chi connectivity index (χ0) is 18.8. The van der Waals surface area contributed by atoms with Crippen molar-refractivity contribution in [1.29, 1.82) is 0 Å². The fourth-order valence-electron chi connectivity index (χ4n) is 2.92. The number of benzene rings is 3. The van der Waals surface area contributed by atoms with E-state index in [1.165, 1.54) is 0 Å². The topological polar surface area (TPSA) is 96.9 Å². The van der Waals surface area contributed by atoms with Gasteiger partial charge in [-0.05, 0) is 47.2 Å². The number of nitrogens with one attached hydrogen (secondary N) is 2. The van der Waals surface area contributed by atoms with E-state index in [2.05, 4.69) is 5.32 Å². The summed E-state index contributed by atoms with van der Waals surface area (Å²) in [5, 5.41) is 13.2. The van der Waals surface area contributed by atoms with Crippen LogP contribution in [0.15, 0.2) is 54.6 Å². The maximum atomic E-state index is 12.6. The maximum Gasteiger partial charge on any atom is 0.274 e.